The van der Waals surface area contributed by atoms with Crippen LogP contribution in [0.3, 0.4) is 0 Å². The van der Waals surface area contributed by atoms with Gasteiger partial charge in [-0.3, -0.25) is 0 Å². The van der Waals surface area contributed by atoms with Crippen LogP contribution in [0.4, 0.5) is 0 Å². The Morgan fingerprint density at radius 2 is 2.21 bits per heavy atom. The van der Waals surface area contributed by atoms with Crippen molar-refractivity contribution in [1.82, 2.24) is 20.0 Å². The van der Waals surface area contributed by atoms with Crippen molar-refractivity contribution in [2.45, 2.75) is 39.2 Å². The first kappa shape index (κ1) is 11.9. The maximum atomic E-state index is 11.1. The molecule has 1 aliphatic rings. The van der Waals surface area contributed by atoms with Crippen LogP contribution >= 0.6 is 0 Å². The Morgan fingerprint density at radius 3 is 2.74 bits per heavy atom. The van der Waals surface area contributed by atoms with Gasteiger partial charge in [-0.2, -0.15) is 0 Å². The molecule has 0 atom stereocenters. The first-order chi connectivity index (χ1) is 9.06. The quantitative estimate of drug-likeness (QED) is 0.897. The third-order valence-corrected chi connectivity index (χ3v) is 3.30. The fraction of sp³-hybridized carbons (Fsp3) is 0.500. The molecule has 7 nitrogen and oxygen atoms in total. The maximum absolute atomic E-state index is 11.1. The highest BCUT2D eigenvalue weighted by Gasteiger charge is 2.34. The van der Waals surface area contributed by atoms with Gasteiger partial charge in [0.2, 0.25) is 5.89 Å². The van der Waals surface area contributed by atoms with Gasteiger partial charge >= 0.3 is 5.97 Å². The Balaban J connectivity index is 1.94. The molecule has 2 aromatic rings. The number of carboxylic acid groups (broad SMARTS) is 1. The summed E-state index contributed by atoms with van der Waals surface area (Å²) >= 11 is 0. The fourth-order valence-corrected chi connectivity index (χ4v) is 2.09. The maximum Gasteiger partial charge on any atom is 0.358 e. The summed E-state index contributed by atoms with van der Waals surface area (Å²) in [6.07, 6.45) is 1.97. The van der Waals surface area contributed by atoms with Crippen LogP contribution in [0.15, 0.2) is 4.42 Å². The summed E-state index contributed by atoms with van der Waals surface area (Å²) in [7, 11) is 0. The first-order valence-electron chi connectivity index (χ1n) is 6.16. The summed E-state index contributed by atoms with van der Waals surface area (Å²) < 4.78 is 7.09. The number of hydrogen-bond donors (Lipinski definition) is 1. The molecule has 2 aromatic heterocycles. The Labute approximate surface area is 109 Å². The summed E-state index contributed by atoms with van der Waals surface area (Å²) in [5, 5.41) is 16.8. The van der Waals surface area contributed by atoms with Crippen molar-refractivity contribution in [3.63, 3.8) is 0 Å². The van der Waals surface area contributed by atoms with Crippen molar-refractivity contribution in [3.05, 3.63) is 28.7 Å². The molecule has 1 N–H and O–H groups in total. The summed E-state index contributed by atoms with van der Waals surface area (Å²) in [4.78, 5) is 15.4. The second kappa shape index (κ2) is 4.18. The highest BCUT2D eigenvalue weighted by atomic mass is 16.4. The molecule has 19 heavy (non-hydrogen) atoms. The van der Waals surface area contributed by atoms with E-state index < -0.39 is 5.97 Å². The molecule has 1 saturated carbocycles. The molecule has 3 rings (SSSR count). The molecule has 0 aliphatic heterocycles. The van der Waals surface area contributed by atoms with Gasteiger partial charge in [0.25, 0.3) is 0 Å². The molecule has 0 spiro atoms. The topological polar surface area (TPSA) is 94.0 Å². The number of aryl methyl sites for hydroxylation is 2. The van der Waals surface area contributed by atoms with Gasteiger partial charge in [0.1, 0.15) is 12.3 Å². The second-order valence-electron chi connectivity index (χ2n) is 4.81. The predicted molar refractivity (Wildman–Crippen MR) is 64.0 cm³/mol. The van der Waals surface area contributed by atoms with E-state index in [0.717, 1.165) is 24.3 Å². The minimum absolute atomic E-state index is 0.0440. The number of nitrogens with zero attached hydrogens (tertiary/aromatic N) is 4. The number of hydrogen-bond acceptors (Lipinski definition) is 5. The largest absolute Gasteiger partial charge is 0.476 e. The minimum atomic E-state index is -1.03. The van der Waals surface area contributed by atoms with Crippen LogP contribution in [0, 0.1) is 13.8 Å². The molecule has 0 saturated heterocycles. The van der Waals surface area contributed by atoms with E-state index in [9.17, 15) is 4.79 Å². The van der Waals surface area contributed by atoms with Gasteiger partial charge in [0, 0.05) is 5.92 Å². The van der Waals surface area contributed by atoms with Crippen LogP contribution in [0.2, 0.25) is 0 Å². The van der Waals surface area contributed by atoms with E-state index >= 15 is 0 Å². The van der Waals surface area contributed by atoms with Gasteiger partial charge in [-0.05, 0) is 26.7 Å². The van der Waals surface area contributed by atoms with E-state index in [2.05, 4.69) is 15.3 Å². The van der Waals surface area contributed by atoms with Crippen LogP contribution in [0.1, 0.15) is 52.3 Å². The third-order valence-electron chi connectivity index (χ3n) is 3.30. The van der Waals surface area contributed by atoms with Crippen LogP contribution in [0.5, 0.6) is 0 Å². The molecule has 1 aliphatic carbocycles. The average Bonchev–Trinajstić information content (AvgIpc) is 3.02. The molecular formula is C12H14N4O3. The Hall–Kier alpha value is -2.18. The van der Waals surface area contributed by atoms with Gasteiger partial charge < -0.3 is 9.52 Å². The smallest absolute Gasteiger partial charge is 0.358 e. The number of oxazole rings is 1. The monoisotopic (exact) mass is 262 g/mol. The van der Waals surface area contributed by atoms with Crippen molar-refractivity contribution in [2.75, 3.05) is 0 Å². The summed E-state index contributed by atoms with van der Waals surface area (Å²) in [5.74, 6) is 0.506. The lowest BCUT2D eigenvalue weighted by Crippen LogP contribution is -2.08. The van der Waals surface area contributed by atoms with Crippen LogP contribution in [-0.4, -0.2) is 31.1 Å². The normalized spacial score (nSPS) is 14.8. The zero-order chi connectivity index (χ0) is 13.6. The number of carbonyl (C=O) groups is 1. The Bertz CT molecular complexity index is 620. The van der Waals surface area contributed by atoms with Gasteiger partial charge in [-0.25, -0.2) is 14.5 Å². The van der Waals surface area contributed by atoms with Crippen LogP contribution < -0.4 is 0 Å². The zero-order valence-electron chi connectivity index (χ0n) is 10.8. The molecule has 7 heteroatoms. The molecule has 0 amide bonds. The SMILES string of the molecule is Cc1nc(Cn2nnc(C(=O)O)c2C2CC2)oc1C. The van der Waals surface area contributed by atoms with Crippen molar-refractivity contribution in [3.8, 4) is 0 Å². The minimum Gasteiger partial charge on any atom is -0.476 e. The molecule has 0 unspecified atom stereocenters. The second-order valence-corrected chi connectivity index (χ2v) is 4.81. The summed E-state index contributed by atoms with van der Waals surface area (Å²) in [6.45, 7) is 4.03. The van der Waals surface area contributed by atoms with Gasteiger partial charge in [-0.15, -0.1) is 5.10 Å². The molecule has 2 heterocycles. The number of aromatic nitrogens is 4. The van der Waals surface area contributed by atoms with E-state index in [0.29, 0.717) is 18.1 Å². The highest BCUT2D eigenvalue weighted by Crippen LogP contribution is 2.41. The Morgan fingerprint density at radius 1 is 1.47 bits per heavy atom. The van der Waals surface area contributed by atoms with E-state index in [-0.39, 0.29) is 11.6 Å². The van der Waals surface area contributed by atoms with Crippen molar-refractivity contribution < 1.29 is 14.3 Å². The summed E-state index contributed by atoms with van der Waals surface area (Å²) in [6, 6.07) is 0. The number of aromatic carboxylic acids is 1. The van der Waals surface area contributed by atoms with Crippen molar-refractivity contribution in [1.29, 1.82) is 0 Å². The lowest BCUT2D eigenvalue weighted by molar-refractivity contribution is 0.0689. The van der Waals surface area contributed by atoms with Crippen LogP contribution in [-0.2, 0) is 6.54 Å². The molecule has 100 valence electrons. The van der Waals surface area contributed by atoms with E-state index in [1.54, 1.807) is 4.68 Å². The van der Waals surface area contributed by atoms with Crippen molar-refractivity contribution >= 4 is 5.97 Å². The van der Waals surface area contributed by atoms with E-state index in [1.165, 1.54) is 0 Å². The van der Waals surface area contributed by atoms with Crippen LogP contribution in [0.25, 0.3) is 0 Å². The van der Waals surface area contributed by atoms with E-state index in [4.69, 9.17) is 9.52 Å². The molecule has 0 bridgehead atoms. The standard InChI is InChI=1S/C12H14N4O3/c1-6-7(2)19-9(13-6)5-16-11(8-3-4-8)10(12(17)18)14-15-16/h8H,3-5H2,1-2H3,(H,17,18). The first-order valence-corrected chi connectivity index (χ1v) is 6.16. The lowest BCUT2D eigenvalue weighted by Gasteiger charge is -2.02. The van der Waals surface area contributed by atoms with Crippen molar-refractivity contribution in [2.24, 2.45) is 0 Å². The molecular weight excluding hydrogens is 248 g/mol. The molecule has 0 aromatic carbocycles. The zero-order valence-corrected chi connectivity index (χ0v) is 10.8. The van der Waals surface area contributed by atoms with Gasteiger partial charge in [0.05, 0.1) is 11.4 Å². The summed E-state index contributed by atoms with van der Waals surface area (Å²) in [5.41, 5.74) is 1.56. The van der Waals surface area contributed by atoms with Gasteiger partial charge in [0.15, 0.2) is 5.69 Å². The average molecular weight is 262 g/mol. The predicted octanol–water partition coefficient (Wildman–Crippen LogP) is 1.51. The number of carboxylic acids is 1. The molecule has 0 radical (unpaired) electrons. The number of rotatable bonds is 4. The highest BCUT2D eigenvalue weighted by molar-refractivity contribution is 5.86. The van der Waals surface area contributed by atoms with Gasteiger partial charge in [-0.1, -0.05) is 5.21 Å². The Kier molecular flexibility index (Phi) is 2.62. The molecule has 1 fully saturated rings. The van der Waals surface area contributed by atoms with E-state index in [1.807, 2.05) is 13.8 Å². The third kappa shape index (κ3) is 2.11. The fourth-order valence-electron chi connectivity index (χ4n) is 2.09. The lowest BCUT2D eigenvalue weighted by atomic mass is 10.2.